The van der Waals surface area contributed by atoms with Crippen LogP contribution in [0, 0.1) is 5.82 Å². The largest absolute Gasteiger partial charge is 0.494 e. The lowest BCUT2D eigenvalue weighted by Crippen LogP contribution is -2.49. The Morgan fingerprint density at radius 1 is 0.976 bits per heavy atom. The van der Waals surface area contributed by atoms with Crippen LogP contribution in [0.2, 0.25) is 0 Å². The minimum atomic E-state index is -1.39. The van der Waals surface area contributed by atoms with Crippen molar-refractivity contribution in [2.24, 2.45) is 4.99 Å². The Kier molecular flexibility index (Phi) is 9.11. The molecule has 0 spiro atoms. The minimum Gasteiger partial charge on any atom is -0.494 e. The van der Waals surface area contributed by atoms with Gasteiger partial charge in [0.1, 0.15) is 11.6 Å². The van der Waals surface area contributed by atoms with Gasteiger partial charge >= 0.3 is 0 Å². The number of aliphatic hydroxyl groups excluding tert-OH is 1. The lowest BCUT2D eigenvalue weighted by atomic mass is 9.82. The van der Waals surface area contributed by atoms with Crippen molar-refractivity contribution in [2.45, 2.75) is 31.0 Å². The van der Waals surface area contributed by atoms with Gasteiger partial charge in [0.2, 0.25) is 5.90 Å². The number of hydrogen-bond donors (Lipinski definition) is 2. The second-order valence-electron chi connectivity index (χ2n) is 9.75. The Bertz CT molecular complexity index is 1510. The zero-order chi connectivity index (χ0) is 28.7. The highest BCUT2D eigenvalue weighted by Gasteiger charge is 2.53. The van der Waals surface area contributed by atoms with E-state index in [-0.39, 0.29) is 31.3 Å². The Balaban J connectivity index is 1.56. The van der Waals surface area contributed by atoms with Crippen molar-refractivity contribution in [1.82, 2.24) is 5.32 Å². The first-order valence-electron chi connectivity index (χ1n) is 13.4. The number of carbonyl (C=O) groups excluding carboxylic acids is 1. The molecule has 2 N–H and O–H groups in total. The van der Waals surface area contributed by atoms with E-state index in [0.717, 1.165) is 15.6 Å². The summed E-state index contributed by atoms with van der Waals surface area (Å²) in [5.41, 5.74) is 1.36. The van der Waals surface area contributed by atoms with Gasteiger partial charge in [0.05, 0.1) is 6.61 Å². The summed E-state index contributed by atoms with van der Waals surface area (Å²) in [4.78, 5) is 19.3. The van der Waals surface area contributed by atoms with Crippen LogP contribution in [0.1, 0.15) is 34.8 Å². The van der Waals surface area contributed by atoms with Gasteiger partial charge in [-0.25, -0.2) is 9.38 Å². The van der Waals surface area contributed by atoms with E-state index in [1.54, 1.807) is 18.2 Å². The van der Waals surface area contributed by atoms with E-state index in [0.29, 0.717) is 35.8 Å². The van der Waals surface area contributed by atoms with Crippen molar-refractivity contribution in [3.8, 4) is 5.75 Å². The smallest absolute Gasteiger partial charge is 0.252 e. The molecule has 6 nitrogen and oxygen atoms in total. The molecule has 0 saturated heterocycles. The third-order valence-corrected chi connectivity index (χ3v) is 7.65. The molecule has 8 heteroatoms. The van der Waals surface area contributed by atoms with Crippen molar-refractivity contribution in [2.75, 3.05) is 13.2 Å². The Morgan fingerprint density at radius 3 is 2.41 bits per heavy atom. The quantitative estimate of drug-likeness (QED) is 0.198. The average Bonchev–Trinajstić information content (AvgIpc) is 3.38. The van der Waals surface area contributed by atoms with Gasteiger partial charge in [-0.05, 0) is 42.0 Å². The van der Waals surface area contributed by atoms with Gasteiger partial charge in [-0.15, -0.1) is 0 Å². The van der Waals surface area contributed by atoms with Crippen molar-refractivity contribution in [1.29, 1.82) is 0 Å². The minimum absolute atomic E-state index is 0.00938. The second kappa shape index (κ2) is 13.1. The standard InChI is InChI=1S/C33H30BrFN2O4/c34-28-13-6-5-12-27(28)30-33(21-23-9-2-1-3-10-23,32(39)36-22-25-11-4-7-14-29(25)35)37-31(41-30)24-15-17-26(18-16-24)40-20-8-19-38/h1-7,9-18,30,38H,8,19-22H2,(H,36,39)/t30-,33-/m1/s1. The first-order chi connectivity index (χ1) is 20.0. The normalized spacial score (nSPS) is 17.9. The van der Waals surface area contributed by atoms with Gasteiger partial charge < -0.3 is 19.9 Å². The Labute approximate surface area is 247 Å². The van der Waals surface area contributed by atoms with Gasteiger partial charge in [0.15, 0.2) is 11.6 Å². The molecule has 0 radical (unpaired) electrons. The maximum absolute atomic E-state index is 14.4. The number of carbonyl (C=O) groups is 1. The highest BCUT2D eigenvalue weighted by Crippen LogP contribution is 2.44. The van der Waals surface area contributed by atoms with E-state index in [4.69, 9.17) is 19.6 Å². The van der Waals surface area contributed by atoms with Crippen LogP contribution in [-0.2, 0) is 22.5 Å². The summed E-state index contributed by atoms with van der Waals surface area (Å²) in [5.74, 6) is 0.218. The van der Waals surface area contributed by atoms with Crippen LogP contribution in [0.15, 0.2) is 113 Å². The molecule has 0 unspecified atom stereocenters. The van der Waals surface area contributed by atoms with E-state index in [2.05, 4.69) is 21.2 Å². The maximum Gasteiger partial charge on any atom is 0.252 e. The van der Waals surface area contributed by atoms with Crippen molar-refractivity contribution >= 4 is 27.7 Å². The predicted molar refractivity (Wildman–Crippen MR) is 159 cm³/mol. The molecule has 1 amide bonds. The molecule has 4 aromatic carbocycles. The van der Waals surface area contributed by atoms with Crippen LogP contribution in [0.4, 0.5) is 4.39 Å². The highest BCUT2D eigenvalue weighted by molar-refractivity contribution is 9.10. The van der Waals surface area contributed by atoms with E-state index >= 15 is 0 Å². The summed E-state index contributed by atoms with van der Waals surface area (Å²) in [6, 6.07) is 30.9. The van der Waals surface area contributed by atoms with Crippen LogP contribution in [0.25, 0.3) is 0 Å². The summed E-state index contributed by atoms with van der Waals surface area (Å²) in [6.45, 7) is 0.469. The SMILES string of the molecule is O=C(NCc1ccccc1F)[C@]1(Cc2ccccc2)N=C(c2ccc(OCCCO)cc2)O[C@@H]1c1ccccc1Br. The number of amides is 1. The van der Waals surface area contributed by atoms with Crippen LogP contribution in [-0.4, -0.2) is 35.7 Å². The van der Waals surface area contributed by atoms with Gasteiger partial charge in [-0.1, -0.05) is 82.7 Å². The lowest BCUT2D eigenvalue weighted by molar-refractivity contribution is -0.129. The average molecular weight is 618 g/mol. The molecule has 1 aliphatic rings. The van der Waals surface area contributed by atoms with Gasteiger partial charge in [0.25, 0.3) is 5.91 Å². The lowest BCUT2D eigenvalue weighted by Gasteiger charge is -2.31. The maximum atomic E-state index is 14.4. The van der Waals surface area contributed by atoms with Crippen molar-refractivity contribution < 1.29 is 23.8 Å². The first-order valence-corrected chi connectivity index (χ1v) is 14.2. The van der Waals surface area contributed by atoms with Crippen molar-refractivity contribution in [3.05, 3.63) is 136 Å². The number of benzene rings is 4. The molecule has 1 aliphatic heterocycles. The molecule has 210 valence electrons. The summed E-state index contributed by atoms with van der Waals surface area (Å²) in [5, 5.41) is 12.0. The number of hydrogen-bond acceptors (Lipinski definition) is 5. The molecule has 2 atom stereocenters. The van der Waals surface area contributed by atoms with E-state index in [9.17, 15) is 9.18 Å². The van der Waals surface area contributed by atoms with E-state index < -0.39 is 11.6 Å². The van der Waals surface area contributed by atoms with Gasteiger partial charge in [0, 0.05) is 47.2 Å². The fourth-order valence-electron chi connectivity index (χ4n) is 4.82. The van der Waals surface area contributed by atoms with Gasteiger partial charge in [-0.2, -0.15) is 0 Å². The number of aliphatic hydroxyl groups is 1. The first kappa shape index (κ1) is 28.5. The zero-order valence-electron chi connectivity index (χ0n) is 22.3. The fourth-order valence-corrected chi connectivity index (χ4v) is 5.32. The molecule has 0 aromatic heterocycles. The second-order valence-corrected chi connectivity index (χ2v) is 10.6. The molecule has 1 heterocycles. The molecule has 0 aliphatic carbocycles. The number of nitrogens with one attached hydrogen (secondary N) is 1. The fraction of sp³-hybridized carbons (Fsp3) is 0.212. The topological polar surface area (TPSA) is 80.2 Å². The number of halogens is 2. The van der Waals surface area contributed by atoms with E-state index in [1.807, 2.05) is 78.9 Å². The summed E-state index contributed by atoms with van der Waals surface area (Å²) >= 11 is 3.65. The third-order valence-electron chi connectivity index (χ3n) is 6.93. The Morgan fingerprint density at radius 2 is 1.68 bits per heavy atom. The molecular formula is C33H30BrFN2O4. The van der Waals surface area contributed by atoms with Crippen LogP contribution in [0.5, 0.6) is 5.75 Å². The zero-order valence-corrected chi connectivity index (χ0v) is 23.9. The number of ether oxygens (including phenoxy) is 2. The highest BCUT2D eigenvalue weighted by atomic mass is 79.9. The molecule has 0 fully saturated rings. The van der Waals surface area contributed by atoms with Crippen LogP contribution >= 0.6 is 15.9 Å². The monoisotopic (exact) mass is 616 g/mol. The number of nitrogens with zero attached hydrogens (tertiary/aromatic N) is 1. The van der Waals surface area contributed by atoms with E-state index in [1.165, 1.54) is 6.07 Å². The molecule has 0 saturated carbocycles. The third kappa shape index (κ3) is 6.50. The van der Waals surface area contributed by atoms with Crippen LogP contribution < -0.4 is 10.1 Å². The van der Waals surface area contributed by atoms with Gasteiger partial charge in [-0.3, -0.25) is 4.79 Å². The molecule has 41 heavy (non-hydrogen) atoms. The van der Waals surface area contributed by atoms with Crippen molar-refractivity contribution in [3.63, 3.8) is 0 Å². The molecule has 5 rings (SSSR count). The summed E-state index contributed by atoms with van der Waals surface area (Å²) in [6.07, 6.45) is 0.0265. The molecule has 4 aromatic rings. The summed E-state index contributed by atoms with van der Waals surface area (Å²) < 4.78 is 27.4. The molecular weight excluding hydrogens is 587 g/mol. The summed E-state index contributed by atoms with van der Waals surface area (Å²) in [7, 11) is 0. The number of rotatable bonds is 11. The Hall–Kier alpha value is -4.01. The number of aliphatic imine (C=N–C) groups is 1. The molecule has 0 bridgehead atoms. The predicted octanol–water partition coefficient (Wildman–Crippen LogP) is 6.17. The van der Waals surface area contributed by atoms with Crippen LogP contribution in [0.3, 0.4) is 0 Å².